The van der Waals surface area contributed by atoms with Crippen LogP contribution in [0.3, 0.4) is 0 Å². The molecule has 114 valence electrons. The summed E-state index contributed by atoms with van der Waals surface area (Å²) in [5, 5.41) is 9.65. The van der Waals surface area contributed by atoms with E-state index in [2.05, 4.69) is 26.0 Å². The van der Waals surface area contributed by atoms with Gasteiger partial charge in [-0.25, -0.2) is 0 Å². The van der Waals surface area contributed by atoms with Crippen LogP contribution in [0.15, 0.2) is 24.3 Å². The maximum Gasteiger partial charge on any atom is 0.119 e. The first-order chi connectivity index (χ1) is 9.73. The lowest BCUT2D eigenvalue weighted by Crippen LogP contribution is -2.15. The molecule has 0 fully saturated rings. The van der Waals surface area contributed by atoms with Gasteiger partial charge >= 0.3 is 0 Å². The molecule has 2 atom stereocenters. The fourth-order valence-corrected chi connectivity index (χ4v) is 2.81. The smallest absolute Gasteiger partial charge is 0.119 e. The second-order valence-corrected chi connectivity index (χ2v) is 5.76. The number of hydrogen-bond donors (Lipinski definition) is 1. The fraction of sp³-hybridized carbons (Fsp3) is 0.667. The van der Waals surface area contributed by atoms with E-state index in [9.17, 15) is 5.11 Å². The number of rotatable bonds is 10. The quantitative estimate of drug-likeness (QED) is 0.685. The summed E-state index contributed by atoms with van der Waals surface area (Å²) >= 11 is 0. The molecular formula is C18H30O2. The van der Waals surface area contributed by atoms with Gasteiger partial charge in [0, 0.05) is 6.61 Å². The zero-order valence-electron chi connectivity index (χ0n) is 13.3. The van der Waals surface area contributed by atoms with Crippen LogP contribution in [0.1, 0.15) is 51.5 Å². The third-order valence-electron chi connectivity index (χ3n) is 4.13. The first-order valence-electron chi connectivity index (χ1n) is 7.97. The molecule has 0 amide bonds. The molecule has 0 aliphatic heterocycles. The van der Waals surface area contributed by atoms with Gasteiger partial charge in [0.2, 0.25) is 0 Å². The average molecular weight is 278 g/mol. The molecule has 1 aromatic rings. The highest BCUT2D eigenvalue weighted by molar-refractivity contribution is 5.28. The van der Waals surface area contributed by atoms with Crippen LogP contribution in [0.4, 0.5) is 0 Å². The number of unbranched alkanes of at least 4 members (excludes halogenated alkanes) is 1. The lowest BCUT2D eigenvalue weighted by atomic mass is 9.86. The molecule has 20 heavy (non-hydrogen) atoms. The summed E-state index contributed by atoms with van der Waals surface area (Å²) in [6, 6.07) is 8.19. The van der Waals surface area contributed by atoms with E-state index in [0.29, 0.717) is 5.92 Å². The second kappa shape index (κ2) is 9.82. The Labute approximate surface area is 124 Å². The van der Waals surface area contributed by atoms with Crippen molar-refractivity contribution in [1.29, 1.82) is 0 Å². The van der Waals surface area contributed by atoms with Crippen molar-refractivity contribution in [3.05, 3.63) is 29.8 Å². The Morgan fingerprint density at radius 3 is 2.60 bits per heavy atom. The SMILES string of the molecule is CCCCC(CC)CC(CO)Cc1cccc(OC)c1. The summed E-state index contributed by atoms with van der Waals surface area (Å²) in [4.78, 5) is 0. The highest BCUT2D eigenvalue weighted by atomic mass is 16.5. The van der Waals surface area contributed by atoms with Gasteiger partial charge in [-0.05, 0) is 42.4 Å². The zero-order valence-corrected chi connectivity index (χ0v) is 13.3. The maximum absolute atomic E-state index is 9.65. The molecule has 1 aromatic carbocycles. The van der Waals surface area contributed by atoms with E-state index in [1.165, 1.54) is 31.2 Å². The van der Waals surface area contributed by atoms with E-state index < -0.39 is 0 Å². The van der Waals surface area contributed by atoms with Crippen molar-refractivity contribution in [2.24, 2.45) is 11.8 Å². The summed E-state index contributed by atoms with van der Waals surface area (Å²) < 4.78 is 5.26. The van der Waals surface area contributed by atoms with Gasteiger partial charge in [0.1, 0.15) is 5.75 Å². The first-order valence-corrected chi connectivity index (χ1v) is 7.97. The third-order valence-corrected chi connectivity index (χ3v) is 4.13. The van der Waals surface area contributed by atoms with Crippen molar-refractivity contribution in [2.45, 2.75) is 52.4 Å². The molecule has 1 rings (SSSR count). The monoisotopic (exact) mass is 278 g/mol. The number of aliphatic hydroxyl groups excluding tert-OH is 1. The Bertz CT molecular complexity index is 362. The standard InChI is InChI=1S/C18H30O2/c1-4-6-8-15(5-2)11-17(14-19)12-16-9-7-10-18(13-16)20-3/h7,9-10,13,15,17,19H,4-6,8,11-12,14H2,1-3H3. The van der Waals surface area contributed by atoms with Crippen molar-refractivity contribution in [1.82, 2.24) is 0 Å². The van der Waals surface area contributed by atoms with E-state index in [0.717, 1.165) is 24.5 Å². The van der Waals surface area contributed by atoms with Crippen molar-refractivity contribution < 1.29 is 9.84 Å². The van der Waals surface area contributed by atoms with Crippen molar-refractivity contribution >= 4 is 0 Å². The molecule has 0 spiro atoms. The van der Waals surface area contributed by atoms with Gasteiger partial charge < -0.3 is 9.84 Å². The Morgan fingerprint density at radius 1 is 1.20 bits per heavy atom. The Kier molecular flexibility index (Phi) is 8.36. The largest absolute Gasteiger partial charge is 0.497 e. The predicted octanol–water partition coefficient (Wildman–Crippen LogP) is 4.45. The van der Waals surface area contributed by atoms with Crippen LogP contribution >= 0.6 is 0 Å². The van der Waals surface area contributed by atoms with Crippen LogP contribution < -0.4 is 4.74 Å². The van der Waals surface area contributed by atoms with Gasteiger partial charge in [-0.3, -0.25) is 0 Å². The molecule has 0 aliphatic carbocycles. The summed E-state index contributed by atoms with van der Waals surface area (Å²) in [7, 11) is 1.69. The average Bonchev–Trinajstić information content (AvgIpc) is 2.50. The predicted molar refractivity (Wildman–Crippen MR) is 85.2 cm³/mol. The van der Waals surface area contributed by atoms with Crippen LogP contribution in [-0.4, -0.2) is 18.8 Å². The lowest BCUT2D eigenvalue weighted by Gasteiger charge is -2.21. The van der Waals surface area contributed by atoms with Gasteiger partial charge in [-0.2, -0.15) is 0 Å². The number of methoxy groups -OCH3 is 1. The number of aliphatic hydroxyl groups is 1. The number of hydrogen-bond acceptors (Lipinski definition) is 2. The van der Waals surface area contributed by atoms with Gasteiger partial charge in [0.05, 0.1) is 7.11 Å². The molecule has 0 bridgehead atoms. The molecular weight excluding hydrogens is 248 g/mol. The van der Waals surface area contributed by atoms with E-state index in [-0.39, 0.29) is 6.61 Å². The summed E-state index contributed by atoms with van der Waals surface area (Å²) in [5.41, 5.74) is 1.26. The minimum absolute atomic E-state index is 0.278. The molecule has 0 aliphatic rings. The maximum atomic E-state index is 9.65. The molecule has 1 N–H and O–H groups in total. The zero-order chi connectivity index (χ0) is 14.8. The van der Waals surface area contributed by atoms with E-state index in [1.54, 1.807) is 7.11 Å². The van der Waals surface area contributed by atoms with Crippen LogP contribution in [0, 0.1) is 11.8 Å². The molecule has 0 aromatic heterocycles. The topological polar surface area (TPSA) is 29.5 Å². The fourth-order valence-electron chi connectivity index (χ4n) is 2.81. The van der Waals surface area contributed by atoms with E-state index >= 15 is 0 Å². The molecule has 2 nitrogen and oxygen atoms in total. The normalized spacial score (nSPS) is 14.0. The van der Waals surface area contributed by atoms with Gasteiger partial charge in [-0.1, -0.05) is 51.7 Å². The Balaban J connectivity index is 2.56. The molecule has 0 saturated heterocycles. The van der Waals surface area contributed by atoms with Gasteiger partial charge in [-0.15, -0.1) is 0 Å². The lowest BCUT2D eigenvalue weighted by molar-refractivity contribution is 0.194. The third kappa shape index (κ3) is 5.96. The van der Waals surface area contributed by atoms with Crippen LogP contribution in [-0.2, 0) is 6.42 Å². The highest BCUT2D eigenvalue weighted by Crippen LogP contribution is 2.25. The number of benzene rings is 1. The van der Waals surface area contributed by atoms with E-state index in [4.69, 9.17) is 4.74 Å². The molecule has 2 unspecified atom stereocenters. The first kappa shape index (κ1) is 17.0. The summed E-state index contributed by atoms with van der Waals surface area (Å²) in [5.74, 6) is 2.01. The van der Waals surface area contributed by atoms with Gasteiger partial charge in [0.15, 0.2) is 0 Å². The van der Waals surface area contributed by atoms with Crippen molar-refractivity contribution in [2.75, 3.05) is 13.7 Å². The minimum atomic E-state index is 0.278. The second-order valence-electron chi connectivity index (χ2n) is 5.76. The number of ether oxygens (including phenoxy) is 1. The molecule has 0 heterocycles. The molecule has 0 radical (unpaired) electrons. The summed E-state index contributed by atoms with van der Waals surface area (Å²) in [6.45, 7) is 4.78. The Morgan fingerprint density at radius 2 is 2.00 bits per heavy atom. The summed E-state index contributed by atoms with van der Waals surface area (Å²) in [6.07, 6.45) is 7.14. The highest BCUT2D eigenvalue weighted by Gasteiger charge is 2.15. The minimum Gasteiger partial charge on any atom is -0.497 e. The van der Waals surface area contributed by atoms with E-state index in [1.807, 2.05) is 12.1 Å². The van der Waals surface area contributed by atoms with Crippen molar-refractivity contribution in [3.63, 3.8) is 0 Å². The van der Waals surface area contributed by atoms with Crippen LogP contribution in [0.2, 0.25) is 0 Å². The Hall–Kier alpha value is -1.02. The van der Waals surface area contributed by atoms with Crippen LogP contribution in [0.25, 0.3) is 0 Å². The molecule has 2 heteroatoms. The van der Waals surface area contributed by atoms with Gasteiger partial charge in [0.25, 0.3) is 0 Å². The van der Waals surface area contributed by atoms with Crippen molar-refractivity contribution in [3.8, 4) is 5.75 Å². The van der Waals surface area contributed by atoms with Crippen LogP contribution in [0.5, 0.6) is 5.75 Å². The molecule has 0 saturated carbocycles.